The summed E-state index contributed by atoms with van der Waals surface area (Å²) >= 11 is 0. The van der Waals surface area contributed by atoms with Crippen LogP contribution in [0.25, 0.3) is 0 Å². The van der Waals surface area contributed by atoms with Gasteiger partial charge in [-0.2, -0.15) is 0 Å². The number of hydrogen-bond acceptors (Lipinski definition) is 5. The van der Waals surface area contributed by atoms with Gasteiger partial charge in [0.15, 0.2) is 0 Å². The van der Waals surface area contributed by atoms with Crippen LogP contribution in [0.4, 0.5) is 16.2 Å². The average Bonchev–Trinajstić information content (AvgIpc) is 2.99. The maximum absolute atomic E-state index is 12.2. The predicted molar refractivity (Wildman–Crippen MR) is 85.6 cm³/mol. The van der Waals surface area contributed by atoms with E-state index in [4.69, 9.17) is 9.47 Å². The molecule has 2 saturated heterocycles. The molecule has 7 heteroatoms. The van der Waals surface area contributed by atoms with Gasteiger partial charge in [-0.15, -0.1) is 0 Å². The number of anilines is 2. The maximum atomic E-state index is 12.2. The Balaban J connectivity index is 1.58. The lowest BCUT2D eigenvalue weighted by atomic mass is 10.2. The average molecular weight is 319 g/mol. The van der Waals surface area contributed by atoms with Crippen molar-refractivity contribution in [3.8, 4) is 0 Å². The summed E-state index contributed by atoms with van der Waals surface area (Å²) in [5.41, 5.74) is 1.80. The molecule has 2 aliphatic heterocycles. The van der Waals surface area contributed by atoms with E-state index in [1.807, 2.05) is 24.3 Å². The van der Waals surface area contributed by atoms with Crippen LogP contribution in [0.5, 0.6) is 0 Å². The molecule has 0 atom stereocenters. The summed E-state index contributed by atoms with van der Waals surface area (Å²) in [6, 6.07) is 7.75. The number of benzene rings is 1. The van der Waals surface area contributed by atoms with Crippen molar-refractivity contribution in [3.05, 3.63) is 24.3 Å². The van der Waals surface area contributed by atoms with Crippen LogP contribution < -0.4 is 10.2 Å². The van der Waals surface area contributed by atoms with Gasteiger partial charge >= 0.3 is 6.09 Å². The normalized spacial score (nSPS) is 18.0. The van der Waals surface area contributed by atoms with Gasteiger partial charge in [0.1, 0.15) is 6.61 Å². The number of amides is 2. The topological polar surface area (TPSA) is 71.1 Å². The van der Waals surface area contributed by atoms with Gasteiger partial charge in [-0.3, -0.25) is 4.79 Å². The molecule has 0 aliphatic carbocycles. The van der Waals surface area contributed by atoms with Gasteiger partial charge in [0.25, 0.3) is 0 Å². The summed E-state index contributed by atoms with van der Waals surface area (Å²) in [7, 11) is 0. The lowest BCUT2D eigenvalue weighted by Crippen LogP contribution is -2.36. The van der Waals surface area contributed by atoms with Crippen molar-refractivity contribution in [2.24, 2.45) is 0 Å². The summed E-state index contributed by atoms with van der Waals surface area (Å²) < 4.78 is 10.2. The van der Waals surface area contributed by atoms with Crippen LogP contribution in [0, 0.1) is 0 Å². The Morgan fingerprint density at radius 3 is 2.65 bits per heavy atom. The Bertz CT molecular complexity index is 572. The zero-order valence-electron chi connectivity index (χ0n) is 13.0. The van der Waals surface area contributed by atoms with Crippen molar-refractivity contribution in [1.29, 1.82) is 0 Å². The second kappa shape index (κ2) is 7.32. The molecule has 1 N–H and O–H groups in total. The molecule has 2 amide bonds. The molecular weight excluding hydrogens is 298 g/mol. The highest BCUT2D eigenvalue weighted by Crippen LogP contribution is 2.26. The third-order valence-electron chi connectivity index (χ3n) is 3.98. The van der Waals surface area contributed by atoms with Gasteiger partial charge in [-0.05, 0) is 12.1 Å². The number of hydrogen-bond donors (Lipinski definition) is 1. The molecule has 3 rings (SSSR count). The van der Waals surface area contributed by atoms with Crippen molar-refractivity contribution < 1.29 is 19.1 Å². The highest BCUT2D eigenvalue weighted by atomic mass is 16.6. The van der Waals surface area contributed by atoms with Gasteiger partial charge in [-0.1, -0.05) is 12.1 Å². The van der Waals surface area contributed by atoms with Crippen molar-refractivity contribution in [2.45, 2.75) is 6.42 Å². The summed E-state index contributed by atoms with van der Waals surface area (Å²) in [5, 5.41) is 2.95. The van der Waals surface area contributed by atoms with E-state index in [0.717, 1.165) is 24.5 Å². The number of para-hydroxylation sites is 2. The number of morpholine rings is 1. The number of rotatable bonds is 5. The van der Waals surface area contributed by atoms with Crippen LogP contribution in [-0.2, 0) is 14.3 Å². The fourth-order valence-corrected chi connectivity index (χ4v) is 2.74. The van der Waals surface area contributed by atoms with Crippen LogP contribution >= 0.6 is 0 Å². The van der Waals surface area contributed by atoms with E-state index in [9.17, 15) is 9.59 Å². The minimum Gasteiger partial charge on any atom is -0.448 e. The lowest BCUT2D eigenvalue weighted by Gasteiger charge is -2.30. The van der Waals surface area contributed by atoms with E-state index >= 15 is 0 Å². The molecule has 2 fully saturated rings. The number of nitrogens with zero attached hydrogens (tertiary/aromatic N) is 2. The predicted octanol–water partition coefficient (Wildman–Crippen LogP) is 1.30. The standard InChI is InChI=1S/C16H21N3O4/c20-15(5-6-19-9-12-23-16(19)21)17-13-3-1-2-4-14(13)18-7-10-22-11-8-18/h1-4H,5-12H2,(H,17,20). The van der Waals surface area contributed by atoms with E-state index in [1.54, 1.807) is 4.90 Å². The Labute approximate surface area is 135 Å². The lowest BCUT2D eigenvalue weighted by molar-refractivity contribution is -0.116. The minimum absolute atomic E-state index is 0.106. The largest absolute Gasteiger partial charge is 0.448 e. The molecule has 2 heterocycles. The second-order valence-corrected chi connectivity index (χ2v) is 5.52. The first kappa shape index (κ1) is 15.6. The number of nitrogens with one attached hydrogen (secondary N) is 1. The fourth-order valence-electron chi connectivity index (χ4n) is 2.74. The first-order valence-corrected chi connectivity index (χ1v) is 7.87. The molecule has 0 bridgehead atoms. The molecule has 1 aromatic carbocycles. The maximum Gasteiger partial charge on any atom is 0.409 e. The van der Waals surface area contributed by atoms with Crippen molar-refractivity contribution in [2.75, 3.05) is 56.2 Å². The molecule has 0 unspecified atom stereocenters. The van der Waals surface area contributed by atoms with Gasteiger partial charge in [-0.25, -0.2) is 4.79 Å². The van der Waals surface area contributed by atoms with Crippen molar-refractivity contribution in [1.82, 2.24) is 4.90 Å². The van der Waals surface area contributed by atoms with Crippen LogP contribution in [0.1, 0.15) is 6.42 Å². The molecule has 0 spiro atoms. The molecule has 2 aliphatic rings. The van der Waals surface area contributed by atoms with Gasteiger partial charge in [0, 0.05) is 26.1 Å². The summed E-state index contributed by atoms with van der Waals surface area (Å²) in [6.45, 7) is 4.35. The number of carbonyl (C=O) groups is 2. The number of ether oxygens (including phenoxy) is 2. The van der Waals surface area contributed by atoms with Crippen molar-refractivity contribution >= 4 is 23.4 Å². The molecule has 0 saturated carbocycles. The number of carbonyl (C=O) groups excluding carboxylic acids is 2. The quantitative estimate of drug-likeness (QED) is 0.886. The zero-order chi connectivity index (χ0) is 16.1. The van der Waals surface area contributed by atoms with Crippen LogP contribution in [0.2, 0.25) is 0 Å². The zero-order valence-corrected chi connectivity index (χ0v) is 13.0. The molecule has 7 nitrogen and oxygen atoms in total. The van der Waals surface area contributed by atoms with E-state index in [-0.39, 0.29) is 18.4 Å². The van der Waals surface area contributed by atoms with Crippen LogP contribution in [0.3, 0.4) is 0 Å². The molecular formula is C16H21N3O4. The van der Waals surface area contributed by atoms with Gasteiger partial charge < -0.3 is 24.6 Å². The summed E-state index contributed by atoms with van der Waals surface area (Å²) in [5.74, 6) is -0.106. The van der Waals surface area contributed by atoms with E-state index in [2.05, 4.69) is 10.2 Å². The smallest absolute Gasteiger partial charge is 0.409 e. The third-order valence-corrected chi connectivity index (χ3v) is 3.98. The highest BCUT2D eigenvalue weighted by Gasteiger charge is 2.22. The Hall–Kier alpha value is -2.28. The van der Waals surface area contributed by atoms with Gasteiger partial charge in [0.05, 0.1) is 31.1 Å². The fraction of sp³-hybridized carbons (Fsp3) is 0.500. The Kier molecular flexibility index (Phi) is 4.97. The summed E-state index contributed by atoms with van der Waals surface area (Å²) in [6.07, 6.45) is -0.0847. The van der Waals surface area contributed by atoms with E-state index < -0.39 is 0 Å². The number of cyclic esters (lactones) is 1. The highest BCUT2D eigenvalue weighted by molar-refractivity contribution is 5.94. The summed E-state index contributed by atoms with van der Waals surface area (Å²) in [4.78, 5) is 27.3. The second-order valence-electron chi connectivity index (χ2n) is 5.52. The molecule has 0 radical (unpaired) electrons. The van der Waals surface area contributed by atoms with Crippen LogP contribution in [-0.4, -0.2) is 62.9 Å². The van der Waals surface area contributed by atoms with Gasteiger partial charge in [0.2, 0.25) is 5.91 Å². The van der Waals surface area contributed by atoms with E-state index in [0.29, 0.717) is 32.9 Å². The third kappa shape index (κ3) is 3.92. The first-order valence-electron chi connectivity index (χ1n) is 7.87. The molecule has 23 heavy (non-hydrogen) atoms. The molecule has 124 valence electrons. The molecule has 1 aromatic rings. The monoisotopic (exact) mass is 319 g/mol. The minimum atomic E-state index is -0.341. The Morgan fingerprint density at radius 1 is 1.13 bits per heavy atom. The van der Waals surface area contributed by atoms with Crippen LogP contribution in [0.15, 0.2) is 24.3 Å². The Morgan fingerprint density at radius 2 is 1.91 bits per heavy atom. The van der Waals surface area contributed by atoms with E-state index in [1.165, 1.54) is 0 Å². The van der Waals surface area contributed by atoms with Crippen molar-refractivity contribution in [3.63, 3.8) is 0 Å². The molecule has 0 aromatic heterocycles. The first-order chi connectivity index (χ1) is 11.2. The SMILES string of the molecule is O=C(CCN1CCOC1=O)Nc1ccccc1N1CCOCC1.